The van der Waals surface area contributed by atoms with Gasteiger partial charge in [0.05, 0.1) is 6.21 Å². The van der Waals surface area contributed by atoms with Crippen LogP contribution in [0.2, 0.25) is 0 Å². The number of hydrogen-bond donors (Lipinski definition) is 1. The fourth-order valence-corrected chi connectivity index (χ4v) is 2.16. The Morgan fingerprint density at radius 1 is 1.61 bits per heavy atom. The molecule has 5 nitrogen and oxygen atoms in total. The Morgan fingerprint density at radius 3 is 3.06 bits per heavy atom. The first-order chi connectivity index (χ1) is 8.69. The van der Waals surface area contributed by atoms with E-state index in [0.29, 0.717) is 5.76 Å². The lowest BCUT2D eigenvalue weighted by Crippen LogP contribution is -2.17. The van der Waals surface area contributed by atoms with Crippen molar-refractivity contribution in [3.63, 3.8) is 0 Å². The number of carbonyl (C=O) groups is 1. The van der Waals surface area contributed by atoms with Gasteiger partial charge in [-0.05, 0) is 25.5 Å². The van der Waals surface area contributed by atoms with Crippen molar-refractivity contribution in [2.75, 3.05) is 0 Å². The third-order valence-electron chi connectivity index (χ3n) is 2.25. The Labute approximate surface area is 108 Å². The molecule has 2 heterocycles. The topological polar surface area (TPSA) is 67.5 Å². The number of aryl methyl sites for hydroxylation is 2. The van der Waals surface area contributed by atoms with E-state index < -0.39 is 0 Å². The van der Waals surface area contributed by atoms with Gasteiger partial charge in [-0.2, -0.15) is 5.10 Å². The Morgan fingerprint density at radius 2 is 2.44 bits per heavy atom. The number of aromatic nitrogens is 1. The van der Waals surface area contributed by atoms with Gasteiger partial charge in [0.1, 0.15) is 5.76 Å². The molecule has 0 aliphatic rings. The third kappa shape index (κ3) is 3.04. The molecule has 1 N–H and O–H groups in total. The van der Waals surface area contributed by atoms with E-state index in [1.54, 1.807) is 30.5 Å². The summed E-state index contributed by atoms with van der Waals surface area (Å²) in [6.07, 6.45) is 2.62. The number of hydrogen-bond acceptors (Lipinski definition) is 5. The van der Waals surface area contributed by atoms with Crippen LogP contribution < -0.4 is 5.43 Å². The number of thiophene rings is 1. The molecule has 6 heteroatoms. The van der Waals surface area contributed by atoms with Crippen LogP contribution in [-0.4, -0.2) is 17.3 Å². The van der Waals surface area contributed by atoms with Crippen molar-refractivity contribution in [1.82, 2.24) is 10.6 Å². The van der Waals surface area contributed by atoms with Gasteiger partial charge in [-0.3, -0.25) is 4.79 Å². The fourth-order valence-electron chi connectivity index (χ4n) is 1.34. The van der Waals surface area contributed by atoms with Gasteiger partial charge in [0.15, 0.2) is 5.69 Å². The zero-order chi connectivity index (χ0) is 13.0. The van der Waals surface area contributed by atoms with E-state index in [1.807, 2.05) is 6.07 Å². The Bertz CT molecular complexity index is 571. The Hall–Kier alpha value is -1.95. The number of nitrogens with zero attached hydrogens (tertiary/aromatic N) is 2. The molecule has 0 atom stereocenters. The van der Waals surface area contributed by atoms with Crippen molar-refractivity contribution in [1.29, 1.82) is 0 Å². The van der Waals surface area contributed by atoms with E-state index in [0.717, 1.165) is 11.3 Å². The highest BCUT2D eigenvalue weighted by Gasteiger charge is 2.09. The molecule has 0 spiro atoms. The minimum Gasteiger partial charge on any atom is -0.361 e. The molecule has 0 unspecified atom stereocenters. The van der Waals surface area contributed by atoms with Gasteiger partial charge in [0, 0.05) is 15.8 Å². The average molecular weight is 263 g/mol. The van der Waals surface area contributed by atoms with E-state index in [9.17, 15) is 4.79 Å². The summed E-state index contributed by atoms with van der Waals surface area (Å²) in [5, 5.41) is 7.48. The van der Waals surface area contributed by atoms with Gasteiger partial charge < -0.3 is 4.52 Å². The van der Waals surface area contributed by atoms with Gasteiger partial charge in [-0.15, -0.1) is 11.3 Å². The van der Waals surface area contributed by atoms with Crippen LogP contribution in [0.25, 0.3) is 0 Å². The van der Waals surface area contributed by atoms with E-state index >= 15 is 0 Å². The Kier molecular flexibility index (Phi) is 3.88. The van der Waals surface area contributed by atoms with Gasteiger partial charge >= 0.3 is 0 Å². The van der Waals surface area contributed by atoms with E-state index in [-0.39, 0.29) is 11.6 Å². The first-order valence-electron chi connectivity index (χ1n) is 5.54. The molecule has 0 radical (unpaired) electrons. The summed E-state index contributed by atoms with van der Waals surface area (Å²) in [5.41, 5.74) is 2.63. The molecule has 0 bridgehead atoms. The minimum absolute atomic E-state index is 0.227. The van der Waals surface area contributed by atoms with Crippen LogP contribution in [0.15, 0.2) is 27.8 Å². The number of nitrogens with one attached hydrogen (secondary N) is 1. The summed E-state index contributed by atoms with van der Waals surface area (Å²) in [6.45, 7) is 3.83. The SMILES string of the molecule is CCc1ccc(C=NNC(=O)c2cc(C)on2)s1. The number of amides is 1. The molecular formula is C12H13N3O2S. The highest BCUT2D eigenvalue weighted by molar-refractivity contribution is 7.13. The predicted octanol–water partition coefficient (Wildman–Crippen LogP) is 2.37. The van der Waals surface area contributed by atoms with E-state index in [1.165, 1.54) is 4.88 Å². The third-order valence-corrected chi connectivity index (χ3v) is 3.41. The molecule has 0 aliphatic carbocycles. The van der Waals surface area contributed by atoms with Crippen LogP contribution in [0, 0.1) is 6.92 Å². The van der Waals surface area contributed by atoms with Crippen molar-refractivity contribution in [3.05, 3.63) is 39.4 Å². The molecule has 0 fully saturated rings. The lowest BCUT2D eigenvalue weighted by Gasteiger charge is -1.92. The second kappa shape index (κ2) is 5.59. The molecule has 0 aromatic carbocycles. The lowest BCUT2D eigenvalue weighted by molar-refractivity contribution is 0.0946. The summed E-state index contributed by atoms with van der Waals surface area (Å²) >= 11 is 1.65. The molecule has 0 aliphatic heterocycles. The number of rotatable bonds is 4. The van der Waals surface area contributed by atoms with Crippen LogP contribution in [0.5, 0.6) is 0 Å². The maximum absolute atomic E-state index is 11.6. The predicted molar refractivity (Wildman–Crippen MR) is 70.0 cm³/mol. The summed E-state index contributed by atoms with van der Waals surface area (Å²) in [7, 11) is 0. The molecule has 2 rings (SSSR count). The lowest BCUT2D eigenvalue weighted by atomic mass is 10.4. The second-order valence-corrected chi connectivity index (χ2v) is 4.88. The maximum Gasteiger partial charge on any atom is 0.293 e. The van der Waals surface area contributed by atoms with Crippen LogP contribution in [0.3, 0.4) is 0 Å². The van der Waals surface area contributed by atoms with Crippen molar-refractivity contribution in [2.24, 2.45) is 5.10 Å². The molecule has 0 saturated heterocycles. The summed E-state index contributed by atoms with van der Waals surface area (Å²) < 4.78 is 4.81. The highest BCUT2D eigenvalue weighted by atomic mass is 32.1. The number of hydrazone groups is 1. The van der Waals surface area contributed by atoms with Crippen molar-refractivity contribution in [3.8, 4) is 0 Å². The van der Waals surface area contributed by atoms with Crippen molar-refractivity contribution < 1.29 is 9.32 Å². The first-order valence-corrected chi connectivity index (χ1v) is 6.36. The normalized spacial score (nSPS) is 11.0. The largest absolute Gasteiger partial charge is 0.361 e. The molecule has 2 aromatic rings. The molecule has 0 saturated carbocycles. The summed E-state index contributed by atoms with van der Waals surface area (Å²) in [6, 6.07) is 5.58. The average Bonchev–Trinajstić information content (AvgIpc) is 2.98. The maximum atomic E-state index is 11.6. The van der Waals surface area contributed by atoms with Gasteiger partial charge in [-0.25, -0.2) is 5.43 Å². The fraction of sp³-hybridized carbons (Fsp3) is 0.250. The van der Waals surface area contributed by atoms with Gasteiger partial charge in [0.2, 0.25) is 0 Å². The van der Waals surface area contributed by atoms with Gasteiger partial charge in [0.25, 0.3) is 5.91 Å². The molecular weight excluding hydrogens is 250 g/mol. The standard InChI is InChI=1S/C12H13N3O2S/c1-3-9-4-5-10(18-9)7-13-14-12(16)11-6-8(2)17-15-11/h4-7H,3H2,1-2H3,(H,14,16). The monoisotopic (exact) mass is 263 g/mol. The molecule has 18 heavy (non-hydrogen) atoms. The molecule has 1 amide bonds. The van der Waals surface area contributed by atoms with Crippen molar-refractivity contribution in [2.45, 2.75) is 20.3 Å². The number of carbonyl (C=O) groups excluding carboxylic acids is 1. The summed E-state index contributed by atoms with van der Waals surface area (Å²) in [4.78, 5) is 13.9. The first kappa shape index (κ1) is 12.5. The zero-order valence-corrected chi connectivity index (χ0v) is 11.0. The van der Waals surface area contributed by atoms with Crippen LogP contribution in [-0.2, 0) is 6.42 Å². The molecule has 2 aromatic heterocycles. The van der Waals surface area contributed by atoms with Crippen molar-refractivity contribution >= 4 is 23.5 Å². The van der Waals surface area contributed by atoms with Crippen LogP contribution in [0.1, 0.15) is 32.9 Å². The van der Waals surface area contributed by atoms with E-state index in [4.69, 9.17) is 4.52 Å². The summed E-state index contributed by atoms with van der Waals surface area (Å²) in [5.74, 6) is 0.213. The molecule has 94 valence electrons. The van der Waals surface area contributed by atoms with E-state index in [2.05, 4.69) is 28.7 Å². The van der Waals surface area contributed by atoms with Crippen LogP contribution in [0.4, 0.5) is 0 Å². The highest BCUT2D eigenvalue weighted by Crippen LogP contribution is 2.14. The Balaban J connectivity index is 1.93. The zero-order valence-electron chi connectivity index (χ0n) is 10.1. The second-order valence-electron chi connectivity index (χ2n) is 3.68. The minimum atomic E-state index is -0.379. The van der Waals surface area contributed by atoms with Gasteiger partial charge in [-0.1, -0.05) is 12.1 Å². The smallest absolute Gasteiger partial charge is 0.293 e. The quantitative estimate of drug-likeness (QED) is 0.680. The van der Waals surface area contributed by atoms with Crippen LogP contribution >= 0.6 is 11.3 Å².